The third-order valence-corrected chi connectivity index (χ3v) is 10.4. The molecule has 252 valence electrons. The van der Waals surface area contributed by atoms with Gasteiger partial charge >= 0.3 is 6.09 Å². The molecule has 3 aromatic rings. The number of hydrogen-bond acceptors (Lipinski definition) is 9. The SMILES string of the molecule is COC(=O)N1C(=O)[C@H]2[C@H](CC=C3[C@H]2C[C@H]2C(=O)N(Nc4ccc(F)cc4)C(=O)[C@@]2(c2ccc(Cl)cc2)[C@H]3c2ccc(OCCO)cc2)C1=O. The van der Waals surface area contributed by atoms with E-state index in [0.717, 1.165) is 12.1 Å². The van der Waals surface area contributed by atoms with Gasteiger partial charge in [0.2, 0.25) is 11.8 Å². The minimum absolute atomic E-state index is 0.0179. The normalized spacial score (nSPS) is 27.3. The molecule has 13 heteroatoms. The Morgan fingerprint density at radius 1 is 0.959 bits per heavy atom. The van der Waals surface area contributed by atoms with Crippen LogP contribution in [-0.4, -0.2) is 65.1 Å². The van der Waals surface area contributed by atoms with Crippen molar-refractivity contribution in [3.05, 3.63) is 106 Å². The van der Waals surface area contributed by atoms with Crippen LogP contribution in [0.1, 0.15) is 29.9 Å². The van der Waals surface area contributed by atoms with E-state index in [4.69, 9.17) is 21.1 Å². The number of benzene rings is 3. The number of halogens is 2. The number of hydrogen-bond donors (Lipinski definition) is 2. The van der Waals surface area contributed by atoms with E-state index >= 15 is 4.79 Å². The average Bonchev–Trinajstić information content (AvgIpc) is 3.49. The quantitative estimate of drug-likeness (QED) is 0.269. The average molecular weight is 688 g/mol. The first kappa shape index (κ1) is 32.5. The highest BCUT2D eigenvalue weighted by Crippen LogP contribution is 2.64. The molecule has 2 saturated heterocycles. The lowest BCUT2D eigenvalue weighted by Crippen LogP contribution is -2.53. The van der Waals surface area contributed by atoms with Crippen molar-refractivity contribution in [2.45, 2.75) is 24.2 Å². The second-order valence-electron chi connectivity index (χ2n) is 12.5. The minimum atomic E-state index is -1.55. The second kappa shape index (κ2) is 12.4. The van der Waals surface area contributed by atoms with E-state index in [2.05, 4.69) is 5.43 Å². The smallest absolute Gasteiger partial charge is 0.423 e. The summed E-state index contributed by atoms with van der Waals surface area (Å²) in [7, 11) is 1.09. The lowest BCUT2D eigenvalue weighted by Gasteiger charge is -2.50. The van der Waals surface area contributed by atoms with Gasteiger partial charge in [0, 0.05) is 10.9 Å². The molecule has 11 nitrogen and oxygen atoms in total. The Bertz CT molecular complexity index is 1880. The molecule has 6 atom stereocenters. The number of aliphatic hydroxyl groups excluding tert-OH is 1. The van der Waals surface area contributed by atoms with Gasteiger partial charge in [0.15, 0.2) is 0 Å². The maximum Gasteiger partial charge on any atom is 0.423 e. The van der Waals surface area contributed by atoms with Crippen molar-refractivity contribution in [2.24, 2.45) is 23.7 Å². The van der Waals surface area contributed by atoms with Crippen LogP contribution < -0.4 is 10.2 Å². The summed E-state index contributed by atoms with van der Waals surface area (Å²) >= 11 is 6.31. The molecule has 5 amide bonds. The van der Waals surface area contributed by atoms with Gasteiger partial charge in [-0.1, -0.05) is 47.5 Å². The minimum Gasteiger partial charge on any atom is -0.491 e. The highest BCUT2D eigenvalue weighted by Gasteiger charge is 2.70. The summed E-state index contributed by atoms with van der Waals surface area (Å²) in [5, 5.41) is 10.6. The molecule has 7 rings (SSSR count). The topological polar surface area (TPSA) is 143 Å². The second-order valence-corrected chi connectivity index (χ2v) is 12.9. The number of nitrogens with zero attached hydrogens (tertiary/aromatic N) is 2. The van der Waals surface area contributed by atoms with Crippen LogP contribution in [0, 0.1) is 29.5 Å². The zero-order valence-corrected chi connectivity index (χ0v) is 26.9. The standard InChI is InChI=1S/C36H31ClFN3O8/c1-48-35(47)40-31(43)26-15-14-25-27(29(26)33(40)45)18-28-32(44)41(39-23-10-8-22(38)9-11-23)34(46)36(28,20-4-6-21(37)7-5-20)30(25)19-2-12-24(13-3-19)49-17-16-42/h2-14,26-30,39,42H,15-18H2,1H3/t26-,27+,28-,29-,30-,36+/m0/s1. The zero-order valence-electron chi connectivity index (χ0n) is 26.2. The molecule has 1 saturated carbocycles. The van der Waals surface area contributed by atoms with Gasteiger partial charge in [-0.05, 0) is 78.4 Å². The van der Waals surface area contributed by atoms with Gasteiger partial charge in [0.1, 0.15) is 18.2 Å². The summed E-state index contributed by atoms with van der Waals surface area (Å²) in [6.07, 6.45) is 0.933. The first-order valence-electron chi connectivity index (χ1n) is 15.8. The number of carbonyl (C=O) groups excluding carboxylic acids is 5. The fourth-order valence-electron chi connectivity index (χ4n) is 8.22. The van der Waals surface area contributed by atoms with Crippen LogP contribution in [0.3, 0.4) is 0 Å². The number of aliphatic hydroxyl groups is 1. The Kier molecular flexibility index (Phi) is 8.24. The van der Waals surface area contributed by atoms with E-state index in [1.165, 1.54) is 24.3 Å². The van der Waals surface area contributed by atoms with Gasteiger partial charge in [0.05, 0.1) is 42.6 Å². The van der Waals surface area contributed by atoms with Gasteiger partial charge in [0.25, 0.3) is 11.8 Å². The molecule has 2 N–H and O–H groups in total. The Morgan fingerprint density at radius 3 is 2.31 bits per heavy atom. The van der Waals surface area contributed by atoms with Crippen LogP contribution in [0.15, 0.2) is 84.4 Å². The number of methoxy groups -OCH3 is 1. The van der Waals surface area contributed by atoms with Crippen molar-refractivity contribution in [3.63, 3.8) is 0 Å². The molecule has 0 spiro atoms. The molecule has 4 aliphatic rings. The third kappa shape index (κ3) is 5.00. The molecule has 2 aliphatic heterocycles. The molecule has 3 aromatic carbocycles. The molecular formula is C36H31ClFN3O8. The van der Waals surface area contributed by atoms with Gasteiger partial charge in [-0.3, -0.25) is 24.6 Å². The Balaban J connectivity index is 1.43. The van der Waals surface area contributed by atoms with Gasteiger partial charge in [-0.2, -0.15) is 9.91 Å². The maximum atomic E-state index is 15.1. The predicted molar refractivity (Wildman–Crippen MR) is 172 cm³/mol. The van der Waals surface area contributed by atoms with E-state index < -0.39 is 70.5 Å². The van der Waals surface area contributed by atoms with Crippen LogP contribution in [0.2, 0.25) is 5.02 Å². The molecule has 2 aliphatic carbocycles. The monoisotopic (exact) mass is 687 g/mol. The van der Waals surface area contributed by atoms with E-state index in [0.29, 0.717) is 38.1 Å². The van der Waals surface area contributed by atoms with E-state index in [1.54, 1.807) is 48.5 Å². The van der Waals surface area contributed by atoms with Gasteiger partial charge in [-0.25, -0.2) is 9.18 Å². The van der Waals surface area contributed by atoms with Crippen molar-refractivity contribution < 1.29 is 42.9 Å². The molecule has 0 aromatic heterocycles. The molecule has 0 unspecified atom stereocenters. The van der Waals surface area contributed by atoms with Gasteiger partial charge < -0.3 is 14.6 Å². The third-order valence-electron chi connectivity index (χ3n) is 10.2. The molecule has 49 heavy (non-hydrogen) atoms. The lowest BCUT2D eigenvalue weighted by atomic mass is 9.49. The van der Waals surface area contributed by atoms with E-state index in [9.17, 15) is 28.7 Å². The van der Waals surface area contributed by atoms with Gasteiger partial charge in [-0.15, -0.1) is 0 Å². The number of hydrazine groups is 1. The first-order chi connectivity index (χ1) is 23.6. The molecule has 0 radical (unpaired) electrons. The fraction of sp³-hybridized carbons (Fsp3) is 0.306. The van der Waals surface area contributed by atoms with Crippen molar-refractivity contribution >= 4 is 47.0 Å². The number of rotatable bonds is 7. The molecular weight excluding hydrogens is 657 g/mol. The number of allylic oxidation sites excluding steroid dienone is 2. The number of anilines is 1. The fourth-order valence-corrected chi connectivity index (χ4v) is 8.35. The van der Waals surface area contributed by atoms with Crippen LogP contribution in [0.5, 0.6) is 5.75 Å². The van der Waals surface area contributed by atoms with Crippen molar-refractivity contribution in [1.82, 2.24) is 9.91 Å². The van der Waals surface area contributed by atoms with Crippen molar-refractivity contribution in [3.8, 4) is 5.75 Å². The number of likely N-dealkylation sites (tertiary alicyclic amines) is 1. The number of nitrogens with one attached hydrogen (secondary N) is 1. The lowest BCUT2D eigenvalue weighted by molar-refractivity contribution is -0.140. The highest BCUT2D eigenvalue weighted by molar-refractivity contribution is 6.30. The van der Waals surface area contributed by atoms with Crippen molar-refractivity contribution in [1.29, 1.82) is 0 Å². The number of amides is 5. The maximum absolute atomic E-state index is 15.1. The number of carbonyl (C=O) groups is 5. The largest absolute Gasteiger partial charge is 0.491 e. The highest BCUT2D eigenvalue weighted by atomic mass is 35.5. The van der Waals surface area contributed by atoms with E-state index in [1.807, 2.05) is 6.08 Å². The molecule has 3 fully saturated rings. The summed E-state index contributed by atoms with van der Waals surface area (Å²) in [5.74, 6) is -6.89. The van der Waals surface area contributed by atoms with E-state index in [-0.39, 0.29) is 26.1 Å². The summed E-state index contributed by atoms with van der Waals surface area (Å²) in [4.78, 5) is 70.1. The summed E-state index contributed by atoms with van der Waals surface area (Å²) in [5.41, 5.74) is 3.49. The van der Waals surface area contributed by atoms with Crippen LogP contribution in [0.25, 0.3) is 0 Å². The number of fused-ring (bicyclic) bond motifs is 4. The number of imide groups is 4. The molecule has 0 bridgehead atoms. The Labute approximate surface area is 285 Å². The summed E-state index contributed by atoms with van der Waals surface area (Å²) in [6, 6.07) is 18.9. The van der Waals surface area contributed by atoms with Crippen LogP contribution >= 0.6 is 11.6 Å². The summed E-state index contributed by atoms with van der Waals surface area (Å²) in [6.45, 7) is -0.120. The van der Waals surface area contributed by atoms with Crippen LogP contribution in [-0.2, 0) is 29.3 Å². The first-order valence-corrected chi connectivity index (χ1v) is 16.2. The van der Waals surface area contributed by atoms with Crippen molar-refractivity contribution in [2.75, 3.05) is 25.7 Å². The number of ether oxygens (including phenoxy) is 2. The summed E-state index contributed by atoms with van der Waals surface area (Å²) < 4.78 is 24.1. The Hall–Kier alpha value is -5.07. The molecule has 2 heterocycles. The predicted octanol–water partition coefficient (Wildman–Crippen LogP) is 4.60. The van der Waals surface area contributed by atoms with Crippen LogP contribution in [0.4, 0.5) is 14.9 Å². The Morgan fingerprint density at radius 2 is 1.65 bits per heavy atom. The zero-order chi connectivity index (χ0) is 34.6.